The normalized spacial score (nSPS) is 33.0. The lowest BCUT2D eigenvalue weighted by Crippen LogP contribution is -2.57. The average molecular weight is 312 g/mol. The predicted octanol–water partition coefficient (Wildman–Crippen LogP) is 2.79. The molecule has 2 saturated heterocycles. The Balaban J connectivity index is 1.87. The lowest BCUT2D eigenvalue weighted by atomic mass is 9.96. The molecule has 128 valence electrons. The van der Waals surface area contributed by atoms with Crippen LogP contribution in [-0.4, -0.2) is 55.0 Å². The molecule has 2 aliphatic rings. The van der Waals surface area contributed by atoms with Gasteiger partial charge in [-0.3, -0.25) is 0 Å². The summed E-state index contributed by atoms with van der Waals surface area (Å²) in [6, 6.07) is 0.500. The van der Waals surface area contributed by atoms with E-state index >= 15 is 0 Å². The Kier molecular flexibility index (Phi) is 6.50. The van der Waals surface area contributed by atoms with E-state index in [0.717, 1.165) is 32.3 Å². The molecule has 0 aromatic heterocycles. The molecule has 0 aliphatic carbocycles. The maximum atomic E-state index is 12.6. The Morgan fingerprint density at radius 2 is 2.14 bits per heavy atom. The minimum absolute atomic E-state index is 0.0668. The van der Waals surface area contributed by atoms with Crippen molar-refractivity contribution in [2.75, 3.05) is 19.8 Å². The van der Waals surface area contributed by atoms with Crippen LogP contribution < -0.4 is 5.32 Å². The minimum Gasteiger partial charge on any atom is -0.378 e. The summed E-state index contributed by atoms with van der Waals surface area (Å²) in [5.74, 6) is 0.629. The highest BCUT2D eigenvalue weighted by molar-refractivity contribution is 5.75. The van der Waals surface area contributed by atoms with Gasteiger partial charge in [-0.05, 0) is 38.5 Å². The molecule has 1 N–H and O–H groups in total. The molecule has 0 radical (unpaired) electrons. The van der Waals surface area contributed by atoms with Crippen molar-refractivity contribution in [3.8, 4) is 0 Å². The van der Waals surface area contributed by atoms with Crippen LogP contribution in [-0.2, 0) is 9.47 Å². The Morgan fingerprint density at radius 1 is 1.36 bits per heavy atom. The van der Waals surface area contributed by atoms with Crippen LogP contribution in [0.15, 0.2) is 0 Å². The molecule has 4 atom stereocenters. The molecule has 0 aromatic rings. The molecule has 0 saturated carbocycles. The van der Waals surface area contributed by atoms with Gasteiger partial charge in [-0.2, -0.15) is 0 Å². The van der Waals surface area contributed by atoms with Crippen molar-refractivity contribution in [1.82, 2.24) is 10.2 Å². The first-order chi connectivity index (χ1) is 10.5. The molecule has 0 spiro atoms. The first-order valence-electron chi connectivity index (χ1n) is 8.79. The van der Waals surface area contributed by atoms with Crippen LogP contribution in [0.25, 0.3) is 0 Å². The molecule has 2 rings (SSSR count). The van der Waals surface area contributed by atoms with Gasteiger partial charge in [-0.25, -0.2) is 4.79 Å². The number of rotatable bonds is 4. The SMILES string of the molecule is CCC1COC(C)CN1C(=O)NC1CCOC(CC(C)C)C1. The minimum atomic E-state index is 0.0668. The van der Waals surface area contributed by atoms with Crippen LogP contribution in [0.1, 0.15) is 53.4 Å². The zero-order chi connectivity index (χ0) is 16.1. The highest BCUT2D eigenvalue weighted by atomic mass is 16.5. The summed E-state index contributed by atoms with van der Waals surface area (Å²) >= 11 is 0. The first-order valence-corrected chi connectivity index (χ1v) is 8.79. The first kappa shape index (κ1) is 17.5. The predicted molar refractivity (Wildman–Crippen MR) is 86.9 cm³/mol. The largest absolute Gasteiger partial charge is 0.378 e. The summed E-state index contributed by atoms with van der Waals surface area (Å²) in [4.78, 5) is 14.6. The van der Waals surface area contributed by atoms with Crippen molar-refractivity contribution in [1.29, 1.82) is 0 Å². The monoisotopic (exact) mass is 312 g/mol. The fourth-order valence-electron chi connectivity index (χ4n) is 3.39. The number of nitrogens with zero attached hydrogens (tertiary/aromatic N) is 1. The van der Waals surface area contributed by atoms with Gasteiger partial charge in [0.05, 0.1) is 24.9 Å². The van der Waals surface area contributed by atoms with Crippen LogP contribution in [0.2, 0.25) is 0 Å². The maximum Gasteiger partial charge on any atom is 0.318 e. The van der Waals surface area contributed by atoms with Gasteiger partial charge in [-0.1, -0.05) is 20.8 Å². The van der Waals surface area contributed by atoms with Gasteiger partial charge < -0.3 is 19.7 Å². The molecule has 2 fully saturated rings. The van der Waals surface area contributed by atoms with Crippen LogP contribution in [0.4, 0.5) is 4.79 Å². The molecule has 22 heavy (non-hydrogen) atoms. The maximum absolute atomic E-state index is 12.6. The molecule has 0 aromatic carbocycles. The van der Waals surface area contributed by atoms with Gasteiger partial charge in [0.2, 0.25) is 0 Å². The molecule has 5 heteroatoms. The van der Waals surface area contributed by atoms with E-state index in [1.54, 1.807) is 0 Å². The Bertz CT molecular complexity index is 362. The second-order valence-corrected chi connectivity index (χ2v) is 7.15. The van der Waals surface area contributed by atoms with E-state index in [-0.39, 0.29) is 30.3 Å². The number of morpholine rings is 1. The van der Waals surface area contributed by atoms with Crippen molar-refractivity contribution in [3.63, 3.8) is 0 Å². The number of amides is 2. The molecular weight excluding hydrogens is 280 g/mol. The third kappa shape index (κ3) is 4.85. The number of nitrogens with one attached hydrogen (secondary N) is 1. The Hall–Kier alpha value is -0.810. The number of hydrogen-bond acceptors (Lipinski definition) is 3. The molecular formula is C17H32N2O3. The van der Waals surface area contributed by atoms with E-state index < -0.39 is 0 Å². The van der Waals surface area contributed by atoms with Gasteiger partial charge in [0, 0.05) is 19.2 Å². The molecule has 0 bridgehead atoms. The van der Waals surface area contributed by atoms with E-state index in [4.69, 9.17) is 9.47 Å². The van der Waals surface area contributed by atoms with Crippen molar-refractivity contribution < 1.29 is 14.3 Å². The topological polar surface area (TPSA) is 50.8 Å². The third-order valence-corrected chi connectivity index (χ3v) is 4.63. The average Bonchev–Trinajstić information content (AvgIpc) is 2.46. The molecule has 2 amide bonds. The number of carbonyl (C=O) groups is 1. The fourth-order valence-corrected chi connectivity index (χ4v) is 3.39. The highest BCUT2D eigenvalue weighted by Gasteiger charge is 2.32. The van der Waals surface area contributed by atoms with Gasteiger partial charge in [0.15, 0.2) is 0 Å². The summed E-state index contributed by atoms with van der Waals surface area (Å²) < 4.78 is 11.5. The lowest BCUT2D eigenvalue weighted by Gasteiger charge is -2.40. The standard InChI is InChI=1S/C17H32N2O3/c1-5-15-11-22-13(4)10-19(15)17(20)18-14-6-7-21-16(9-14)8-12(2)3/h12-16H,5-11H2,1-4H3,(H,18,20). The number of urea groups is 1. The summed E-state index contributed by atoms with van der Waals surface area (Å²) in [6.07, 6.45) is 4.25. The second kappa shape index (κ2) is 8.16. The zero-order valence-corrected chi connectivity index (χ0v) is 14.5. The third-order valence-electron chi connectivity index (χ3n) is 4.63. The van der Waals surface area contributed by atoms with Crippen LogP contribution in [0.5, 0.6) is 0 Å². The summed E-state index contributed by atoms with van der Waals surface area (Å²) in [6.45, 7) is 10.6. The molecule has 4 unspecified atom stereocenters. The van der Waals surface area contributed by atoms with E-state index in [1.165, 1.54) is 0 Å². The number of ether oxygens (including phenoxy) is 2. The van der Waals surface area contributed by atoms with Crippen molar-refractivity contribution >= 4 is 6.03 Å². The fraction of sp³-hybridized carbons (Fsp3) is 0.941. The molecule has 2 aliphatic heterocycles. The van der Waals surface area contributed by atoms with Crippen LogP contribution >= 0.6 is 0 Å². The van der Waals surface area contributed by atoms with Crippen molar-refractivity contribution in [2.45, 2.75) is 77.7 Å². The van der Waals surface area contributed by atoms with Gasteiger partial charge >= 0.3 is 6.03 Å². The van der Waals surface area contributed by atoms with Crippen molar-refractivity contribution in [2.24, 2.45) is 5.92 Å². The molecule has 5 nitrogen and oxygen atoms in total. The van der Waals surface area contributed by atoms with Gasteiger partial charge in [0.1, 0.15) is 0 Å². The zero-order valence-electron chi connectivity index (χ0n) is 14.5. The second-order valence-electron chi connectivity index (χ2n) is 7.15. The van der Waals surface area contributed by atoms with E-state index in [9.17, 15) is 4.79 Å². The summed E-state index contributed by atoms with van der Waals surface area (Å²) in [7, 11) is 0. The van der Waals surface area contributed by atoms with Gasteiger partial charge in [-0.15, -0.1) is 0 Å². The highest BCUT2D eigenvalue weighted by Crippen LogP contribution is 2.21. The number of carbonyl (C=O) groups excluding carboxylic acids is 1. The smallest absolute Gasteiger partial charge is 0.318 e. The lowest BCUT2D eigenvalue weighted by molar-refractivity contribution is -0.0407. The summed E-state index contributed by atoms with van der Waals surface area (Å²) in [5.41, 5.74) is 0. The van der Waals surface area contributed by atoms with Crippen LogP contribution in [0.3, 0.4) is 0 Å². The molecule has 2 heterocycles. The van der Waals surface area contributed by atoms with Crippen molar-refractivity contribution in [3.05, 3.63) is 0 Å². The van der Waals surface area contributed by atoms with Gasteiger partial charge in [0.25, 0.3) is 0 Å². The quantitative estimate of drug-likeness (QED) is 0.868. The Morgan fingerprint density at radius 3 is 2.82 bits per heavy atom. The van der Waals surface area contributed by atoms with Crippen LogP contribution in [0, 0.1) is 5.92 Å². The van der Waals surface area contributed by atoms with E-state index in [0.29, 0.717) is 19.1 Å². The van der Waals surface area contributed by atoms with E-state index in [1.807, 2.05) is 11.8 Å². The Labute approximate surface area is 134 Å². The van der Waals surface area contributed by atoms with E-state index in [2.05, 4.69) is 26.1 Å². The number of hydrogen-bond donors (Lipinski definition) is 1. The summed E-state index contributed by atoms with van der Waals surface area (Å²) in [5, 5.41) is 3.23.